The molecule has 0 fully saturated rings. The zero-order chi connectivity index (χ0) is 12.9. The van der Waals surface area contributed by atoms with Crippen molar-refractivity contribution in [2.45, 2.75) is 0 Å². The molecule has 0 aliphatic heterocycles. The molecule has 0 atom stereocenters. The van der Waals surface area contributed by atoms with Gasteiger partial charge in [0.15, 0.2) is 0 Å². The molecule has 0 aromatic rings. The summed E-state index contributed by atoms with van der Waals surface area (Å²) in [6, 6.07) is 0. The van der Waals surface area contributed by atoms with E-state index in [1.807, 2.05) is 0 Å². The van der Waals surface area contributed by atoms with Crippen molar-refractivity contribution >= 4 is 28.6 Å². The molecule has 0 bridgehead atoms. The molecule has 0 aromatic heterocycles. The van der Waals surface area contributed by atoms with Crippen LogP contribution in [0.15, 0.2) is 0 Å². The third-order valence-corrected chi connectivity index (χ3v) is 0.750. The molecule has 0 saturated carbocycles. The van der Waals surface area contributed by atoms with Gasteiger partial charge in [-0.3, -0.25) is 0 Å². The Balaban J connectivity index is -0.000000105. The summed E-state index contributed by atoms with van der Waals surface area (Å²) in [7, 11) is -15.3. The predicted molar refractivity (Wildman–Crippen MR) is 35.8 cm³/mol. The molecule has 0 radical (unpaired) electrons. The Hall–Kier alpha value is 3.12. The van der Waals surface area contributed by atoms with Gasteiger partial charge in [-0.2, -0.15) is 0 Å². The maximum Gasteiger partial charge on any atom is 1.00 e. The van der Waals surface area contributed by atoms with Crippen molar-refractivity contribution in [3.8, 4) is 0 Å². The molecule has 12 nitrogen and oxygen atoms in total. The number of hydrogen-bond donors (Lipinski definition) is 3. The SMILES string of the molecule is O=P(O)(O)O.O=S(=O)([O-])OOS(=O)(=O)[O-].[K+].[K+]. The zero-order valence-electron chi connectivity index (χ0n) is 8.28. The van der Waals surface area contributed by atoms with Gasteiger partial charge >= 0.3 is 111 Å². The summed E-state index contributed by atoms with van der Waals surface area (Å²) in [6.45, 7) is 0. The Kier molecular flexibility index (Phi) is 19.6. The molecule has 0 spiro atoms. The summed E-state index contributed by atoms with van der Waals surface area (Å²) < 4.78 is 70.3. The van der Waals surface area contributed by atoms with Crippen molar-refractivity contribution in [2.24, 2.45) is 0 Å². The minimum Gasteiger partial charge on any atom is -0.724 e. The third kappa shape index (κ3) is 54.7. The molecular weight excluding hydrogens is 365 g/mol. The van der Waals surface area contributed by atoms with Crippen LogP contribution in [0.4, 0.5) is 0 Å². The van der Waals surface area contributed by atoms with Gasteiger partial charge in [-0.15, -0.1) is 8.67 Å². The van der Waals surface area contributed by atoms with Gasteiger partial charge in [0, 0.05) is 0 Å². The predicted octanol–water partition coefficient (Wildman–Crippen LogP) is -9.07. The maximum absolute atomic E-state index is 9.37. The van der Waals surface area contributed by atoms with E-state index in [9.17, 15) is 25.9 Å². The van der Waals surface area contributed by atoms with E-state index in [1.54, 1.807) is 0 Å². The van der Waals surface area contributed by atoms with Gasteiger partial charge in [0.1, 0.15) is 0 Å². The van der Waals surface area contributed by atoms with E-state index in [-0.39, 0.29) is 103 Å². The van der Waals surface area contributed by atoms with Crippen LogP contribution in [0.2, 0.25) is 0 Å². The molecule has 0 rings (SSSR count). The van der Waals surface area contributed by atoms with Crippen LogP contribution in [0.3, 0.4) is 0 Å². The summed E-state index contributed by atoms with van der Waals surface area (Å²) in [4.78, 5) is 21.6. The molecule has 0 aliphatic rings. The van der Waals surface area contributed by atoms with E-state index in [1.165, 1.54) is 0 Å². The number of phosphoric acid groups is 1. The molecule has 3 N–H and O–H groups in total. The van der Waals surface area contributed by atoms with Gasteiger partial charge in [-0.1, -0.05) is 0 Å². The second-order valence-electron chi connectivity index (χ2n) is 1.47. The molecule has 94 valence electrons. The minimum atomic E-state index is -5.31. The first-order valence-corrected chi connectivity index (χ1v) is 6.51. The molecular formula is H3K2O12PS2. The van der Waals surface area contributed by atoms with Gasteiger partial charge < -0.3 is 23.8 Å². The summed E-state index contributed by atoms with van der Waals surface area (Å²) >= 11 is 0. The van der Waals surface area contributed by atoms with Crippen LogP contribution < -0.4 is 103 Å². The van der Waals surface area contributed by atoms with Gasteiger partial charge in [-0.05, 0) is 0 Å². The number of hydrogen-bond acceptors (Lipinski definition) is 9. The average molecular weight is 368 g/mol. The second kappa shape index (κ2) is 11.7. The van der Waals surface area contributed by atoms with Crippen LogP contribution in [0.1, 0.15) is 0 Å². The third-order valence-electron chi connectivity index (χ3n) is 0.194. The first kappa shape index (κ1) is 28.3. The molecule has 17 heavy (non-hydrogen) atoms. The maximum atomic E-state index is 9.37. The second-order valence-corrected chi connectivity index (χ2v) is 4.40. The van der Waals surface area contributed by atoms with E-state index < -0.39 is 28.6 Å². The van der Waals surface area contributed by atoms with E-state index in [0.717, 1.165) is 0 Å². The van der Waals surface area contributed by atoms with Crippen LogP contribution in [0.25, 0.3) is 0 Å². The van der Waals surface area contributed by atoms with Crippen molar-refractivity contribution in [1.82, 2.24) is 0 Å². The van der Waals surface area contributed by atoms with E-state index in [2.05, 4.69) is 8.67 Å². The monoisotopic (exact) mass is 368 g/mol. The van der Waals surface area contributed by atoms with Crippen LogP contribution in [0.5, 0.6) is 0 Å². The van der Waals surface area contributed by atoms with Crippen LogP contribution in [-0.4, -0.2) is 40.6 Å². The Morgan fingerprint density at radius 2 is 0.941 bits per heavy atom. The molecule has 0 heterocycles. The summed E-state index contributed by atoms with van der Waals surface area (Å²) in [5.74, 6) is 0. The van der Waals surface area contributed by atoms with Crippen molar-refractivity contribution in [2.75, 3.05) is 0 Å². The van der Waals surface area contributed by atoms with Crippen molar-refractivity contribution in [3.63, 3.8) is 0 Å². The Morgan fingerprint density at radius 3 is 1.00 bits per heavy atom. The topological polar surface area (TPSA) is 211 Å². The number of rotatable bonds is 3. The molecule has 0 aromatic carbocycles. The van der Waals surface area contributed by atoms with Crippen molar-refractivity contribution in [1.29, 1.82) is 0 Å². The van der Waals surface area contributed by atoms with Gasteiger partial charge in [0.2, 0.25) is 20.8 Å². The summed E-state index contributed by atoms with van der Waals surface area (Å²) in [5.41, 5.74) is 0. The summed E-state index contributed by atoms with van der Waals surface area (Å²) in [5, 5.41) is 0. The molecule has 0 aliphatic carbocycles. The van der Waals surface area contributed by atoms with Gasteiger partial charge in [0.05, 0.1) is 0 Å². The van der Waals surface area contributed by atoms with Crippen LogP contribution >= 0.6 is 7.82 Å². The van der Waals surface area contributed by atoms with E-state index in [0.29, 0.717) is 0 Å². The fourth-order valence-corrected chi connectivity index (χ4v) is 0.612. The van der Waals surface area contributed by atoms with Crippen molar-refractivity contribution < 1.29 is 157 Å². The smallest absolute Gasteiger partial charge is 0.724 e. The van der Waals surface area contributed by atoms with Gasteiger partial charge in [0.25, 0.3) is 0 Å². The van der Waals surface area contributed by atoms with E-state index in [4.69, 9.17) is 19.2 Å². The van der Waals surface area contributed by atoms with E-state index >= 15 is 0 Å². The Bertz CT molecular complexity index is 371. The quantitative estimate of drug-likeness (QED) is 0.106. The zero-order valence-corrected chi connectivity index (χ0v) is 17.1. The average Bonchev–Trinajstić information content (AvgIpc) is 1.76. The van der Waals surface area contributed by atoms with Gasteiger partial charge in [-0.25, -0.2) is 21.4 Å². The van der Waals surface area contributed by atoms with Crippen molar-refractivity contribution in [3.05, 3.63) is 0 Å². The van der Waals surface area contributed by atoms with Crippen LogP contribution in [-0.2, 0) is 34.0 Å². The fourth-order valence-electron chi connectivity index (χ4n) is 0.0680. The summed E-state index contributed by atoms with van der Waals surface area (Å²) in [6.07, 6.45) is 0. The molecule has 0 unspecified atom stereocenters. The first-order valence-electron chi connectivity index (χ1n) is 2.28. The molecule has 0 saturated heterocycles. The standard InChI is InChI=1S/2K.H2O8S2.H3O4P/c;;1-9(2,3)7-8-10(4,5)6;1-5(2,3)4/h;;(H,1,2,3)(H,4,5,6);(H3,1,2,3,4)/q2*+1;;/p-2. The Labute approximate surface area is 181 Å². The largest absolute Gasteiger partial charge is 1.00 e. The Morgan fingerprint density at radius 1 is 0.824 bits per heavy atom. The van der Waals surface area contributed by atoms with Crippen LogP contribution in [0, 0.1) is 0 Å². The molecule has 0 amide bonds. The fraction of sp³-hybridized carbons (Fsp3) is 0. The molecule has 17 heteroatoms. The normalized spacial score (nSPS) is 11.4. The minimum absolute atomic E-state index is 0. The first-order chi connectivity index (χ1) is 6.21.